The van der Waals surface area contributed by atoms with Crippen LogP contribution in [-0.4, -0.2) is 44.9 Å². The number of rotatable bonds is 7. The number of hydrogen-bond donors (Lipinski definition) is 0. The van der Waals surface area contributed by atoms with E-state index in [1.165, 1.54) is 0 Å². The highest BCUT2D eigenvalue weighted by Gasteiger charge is 2.36. The predicted molar refractivity (Wildman–Crippen MR) is 59.2 cm³/mol. The van der Waals surface area contributed by atoms with Gasteiger partial charge < -0.3 is 14.2 Å². The third-order valence-electron chi connectivity index (χ3n) is 2.71. The molecule has 17 heavy (non-hydrogen) atoms. The average Bonchev–Trinajstić information content (AvgIpc) is 2.72. The zero-order chi connectivity index (χ0) is 12.7. The molecule has 0 aromatic carbocycles. The van der Waals surface area contributed by atoms with Crippen molar-refractivity contribution in [3.05, 3.63) is 10.4 Å². The van der Waals surface area contributed by atoms with Crippen molar-refractivity contribution in [2.75, 3.05) is 20.4 Å². The van der Waals surface area contributed by atoms with E-state index in [2.05, 4.69) is 10.0 Å². The molecule has 6 nitrogen and oxygen atoms in total. The maximum absolute atomic E-state index is 12.5. The van der Waals surface area contributed by atoms with Crippen LogP contribution in [0.15, 0.2) is 5.11 Å². The van der Waals surface area contributed by atoms with Gasteiger partial charge in [0.05, 0.1) is 18.8 Å². The van der Waals surface area contributed by atoms with Gasteiger partial charge in [-0.25, -0.2) is 4.39 Å². The summed E-state index contributed by atoms with van der Waals surface area (Å²) in [5, 5.41) is 3.24. The van der Waals surface area contributed by atoms with Crippen LogP contribution in [0.25, 0.3) is 10.4 Å². The van der Waals surface area contributed by atoms with Crippen LogP contribution >= 0.6 is 0 Å². The van der Waals surface area contributed by atoms with Crippen LogP contribution in [0.4, 0.5) is 4.39 Å². The lowest BCUT2D eigenvalue weighted by atomic mass is 10.1. The Morgan fingerprint density at radius 1 is 1.65 bits per heavy atom. The molecule has 0 amide bonds. The van der Waals surface area contributed by atoms with Gasteiger partial charge in [-0.2, -0.15) is 0 Å². The molecule has 2 unspecified atom stereocenters. The Kier molecular flexibility index (Phi) is 6.21. The number of hydrogen-bond acceptors (Lipinski definition) is 4. The lowest BCUT2D eigenvalue weighted by molar-refractivity contribution is -0.0821. The monoisotopic (exact) mass is 247 g/mol. The first kappa shape index (κ1) is 14.2. The molecule has 0 aliphatic carbocycles. The van der Waals surface area contributed by atoms with Crippen molar-refractivity contribution in [1.29, 1.82) is 0 Å². The second-order valence-electron chi connectivity index (χ2n) is 3.88. The summed E-state index contributed by atoms with van der Waals surface area (Å²) in [5.41, 5.74) is 8.26. The molecule has 0 radical (unpaired) electrons. The van der Waals surface area contributed by atoms with Gasteiger partial charge in [0, 0.05) is 18.4 Å². The van der Waals surface area contributed by atoms with E-state index in [0.29, 0.717) is 13.0 Å². The molecule has 98 valence electrons. The third-order valence-corrected chi connectivity index (χ3v) is 2.71. The van der Waals surface area contributed by atoms with Gasteiger partial charge in [-0.15, -0.1) is 0 Å². The highest BCUT2D eigenvalue weighted by Crippen LogP contribution is 2.26. The highest BCUT2D eigenvalue weighted by atomic mass is 19.1. The number of halogens is 1. The minimum absolute atomic E-state index is 0.0893. The van der Waals surface area contributed by atoms with E-state index in [1.807, 2.05) is 6.92 Å². The molecule has 4 atom stereocenters. The second-order valence-corrected chi connectivity index (χ2v) is 3.88. The zero-order valence-corrected chi connectivity index (χ0v) is 10.1. The molecule has 0 saturated carbocycles. The minimum atomic E-state index is -1.08. The lowest BCUT2D eigenvalue weighted by Gasteiger charge is -2.20. The molecular weight excluding hydrogens is 229 g/mol. The maximum Gasteiger partial charge on any atom is 0.165 e. The molecule has 1 aliphatic rings. The van der Waals surface area contributed by atoms with Crippen LogP contribution in [0.5, 0.6) is 0 Å². The molecule has 1 saturated heterocycles. The molecule has 7 heteroatoms. The molecule has 0 bridgehead atoms. The molecule has 0 aromatic rings. The van der Waals surface area contributed by atoms with Crippen molar-refractivity contribution < 1.29 is 18.6 Å². The predicted octanol–water partition coefficient (Wildman–Crippen LogP) is 2.19. The molecule has 1 fully saturated rings. The van der Waals surface area contributed by atoms with Gasteiger partial charge in [-0.05, 0) is 12.0 Å². The summed E-state index contributed by atoms with van der Waals surface area (Å²) in [6, 6.07) is 0. The van der Waals surface area contributed by atoms with Crippen LogP contribution in [0, 0.1) is 0 Å². The molecule has 1 rings (SSSR count). The van der Waals surface area contributed by atoms with Crippen LogP contribution in [0.3, 0.4) is 0 Å². The Bertz CT molecular complexity index is 274. The van der Waals surface area contributed by atoms with Gasteiger partial charge in [0.1, 0.15) is 12.8 Å². The normalized spacial score (nSPS) is 29.9. The smallest absolute Gasteiger partial charge is 0.165 e. The number of methoxy groups -OCH3 is 1. The third kappa shape index (κ3) is 4.12. The van der Waals surface area contributed by atoms with Crippen molar-refractivity contribution in [3.8, 4) is 0 Å². The quantitative estimate of drug-likeness (QED) is 0.393. The van der Waals surface area contributed by atoms with Crippen LogP contribution < -0.4 is 0 Å². The number of azide groups is 1. The van der Waals surface area contributed by atoms with E-state index >= 15 is 0 Å². The second kappa shape index (κ2) is 7.45. The average molecular weight is 247 g/mol. The topological polar surface area (TPSA) is 76.5 Å². The highest BCUT2D eigenvalue weighted by molar-refractivity contribution is 4.83. The van der Waals surface area contributed by atoms with Gasteiger partial charge in [0.25, 0.3) is 0 Å². The minimum Gasteiger partial charge on any atom is -0.382 e. The number of alkyl halides is 1. The van der Waals surface area contributed by atoms with E-state index in [0.717, 1.165) is 6.42 Å². The summed E-state index contributed by atoms with van der Waals surface area (Å²) in [7, 11) is 1.57. The van der Waals surface area contributed by atoms with E-state index in [1.54, 1.807) is 7.11 Å². The fourth-order valence-corrected chi connectivity index (χ4v) is 1.87. The maximum atomic E-state index is 12.5. The van der Waals surface area contributed by atoms with E-state index in [9.17, 15) is 4.39 Å². The Labute approximate surface area is 99.7 Å². The van der Waals surface area contributed by atoms with Gasteiger partial charge in [0.2, 0.25) is 0 Å². The Balaban J connectivity index is 2.56. The van der Waals surface area contributed by atoms with Crippen LogP contribution in [-0.2, 0) is 14.2 Å². The summed E-state index contributed by atoms with van der Waals surface area (Å²) >= 11 is 0. The molecular formula is C10H18FN3O3. The zero-order valence-electron chi connectivity index (χ0n) is 10.1. The SMILES string of the molecule is CC[C@H]1CC(OC(CF)N=[N+]=[N-])[C@@H](COC)O1. The molecule has 1 aliphatic heterocycles. The molecule has 0 spiro atoms. The van der Waals surface area contributed by atoms with E-state index in [4.69, 9.17) is 19.7 Å². The van der Waals surface area contributed by atoms with Crippen molar-refractivity contribution in [2.24, 2.45) is 5.11 Å². The van der Waals surface area contributed by atoms with Crippen molar-refractivity contribution in [3.63, 3.8) is 0 Å². The van der Waals surface area contributed by atoms with Crippen molar-refractivity contribution in [2.45, 2.75) is 44.3 Å². The fraction of sp³-hybridized carbons (Fsp3) is 1.00. The fourth-order valence-electron chi connectivity index (χ4n) is 1.87. The Morgan fingerprint density at radius 3 is 2.94 bits per heavy atom. The standard InChI is InChI=1S/C10H18FN3O3/c1-3-7-4-8(9(16-7)6-15-2)17-10(5-11)13-14-12/h7-10H,3-6H2,1-2H3/t7-,8?,9+,10?/m0/s1. The number of ether oxygens (including phenoxy) is 3. The molecule has 1 heterocycles. The van der Waals surface area contributed by atoms with Crippen LogP contribution in [0.2, 0.25) is 0 Å². The summed E-state index contributed by atoms with van der Waals surface area (Å²) in [6.07, 6.45) is 0.0261. The largest absolute Gasteiger partial charge is 0.382 e. The van der Waals surface area contributed by atoms with E-state index in [-0.39, 0.29) is 18.3 Å². The van der Waals surface area contributed by atoms with Crippen molar-refractivity contribution in [1.82, 2.24) is 0 Å². The van der Waals surface area contributed by atoms with Gasteiger partial charge in [-0.3, -0.25) is 0 Å². The van der Waals surface area contributed by atoms with Gasteiger partial charge >= 0.3 is 0 Å². The summed E-state index contributed by atoms with van der Waals surface area (Å²) < 4.78 is 28.6. The summed E-state index contributed by atoms with van der Waals surface area (Å²) in [4.78, 5) is 2.55. The summed E-state index contributed by atoms with van der Waals surface area (Å²) in [6.45, 7) is 1.56. The molecule has 0 aromatic heterocycles. The van der Waals surface area contributed by atoms with Gasteiger partial charge in [0.15, 0.2) is 6.23 Å². The Hall–Kier alpha value is -0.880. The molecule has 0 N–H and O–H groups in total. The first-order valence-electron chi connectivity index (χ1n) is 5.65. The van der Waals surface area contributed by atoms with Crippen LogP contribution in [0.1, 0.15) is 19.8 Å². The lowest BCUT2D eigenvalue weighted by Crippen LogP contribution is -2.32. The van der Waals surface area contributed by atoms with E-state index < -0.39 is 12.9 Å². The van der Waals surface area contributed by atoms with Gasteiger partial charge in [-0.1, -0.05) is 12.0 Å². The summed E-state index contributed by atoms with van der Waals surface area (Å²) in [5.74, 6) is 0. The number of nitrogens with zero attached hydrogens (tertiary/aromatic N) is 3. The first-order chi connectivity index (χ1) is 8.24. The van der Waals surface area contributed by atoms with Crippen molar-refractivity contribution >= 4 is 0 Å². The Morgan fingerprint density at radius 2 is 2.41 bits per heavy atom. The first-order valence-corrected chi connectivity index (χ1v) is 5.65.